The van der Waals surface area contributed by atoms with Crippen molar-refractivity contribution in [1.29, 1.82) is 0 Å². The number of phenolic OH excluding ortho intramolecular Hbond substituents is 1. The van der Waals surface area contributed by atoms with Crippen LogP contribution in [0.25, 0.3) is 27.6 Å². The van der Waals surface area contributed by atoms with E-state index in [2.05, 4.69) is 26.0 Å². The molecule has 4 aromatic rings. The molecular formula is C21H23N7OS2. The van der Waals surface area contributed by atoms with Crippen LogP contribution in [0.4, 0.5) is 5.95 Å². The molecule has 160 valence electrons. The lowest BCUT2D eigenvalue weighted by atomic mass is 10.1. The van der Waals surface area contributed by atoms with E-state index in [0.29, 0.717) is 5.95 Å². The SMILES string of the molecule is CN1CCCN(CCNc2nccc(-c3c(-c4cccc(O)c4)nc4sccn34)n2)S1. The second kappa shape index (κ2) is 8.83. The first-order valence-electron chi connectivity index (χ1n) is 10.1. The number of thiazole rings is 1. The highest BCUT2D eigenvalue weighted by atomic mass is 32.2. The number of hydrogen-bond donors (Lipinski definition) is 2. The Labute approximate surface area is 188 Å². The summed E-state index contributed by atoms with van der Waals surface area (Å²) < 4.78 is 6.65. The third kappa shape index (κ3) is 4.38. The summed E-state index contributed by atoms with van der Waals surface area (Å²) in [6.45, 7) is 3.91. The maximum atomic E-state index is 9.95. The second-order valence-electron chi connectivity index (χ2n) is 7.32. The van der Waals surface area contributed by atoms with E-state index >= 15 is 0 Å². The molecule has 1 aliphatic rings. The van der Waals surface area contributed by atoms with Crippen molar-refractivity contribution < 1.29 is 5.11 Å². The van der Waals surface area contributed by atoms with Crippen molar-refractivity contribution >= 4 is 34.4 Å². The molecule has 1 fully saturated rings. The highest BCUT2D eigenvalue weighted by molar-refractivity contribution is 7.94. The van der Waals surface area contributed by atoms with Gasteiger partial charge in [-0.2, -0.15) is 0 Å². The summed E-state index contributed by atoms with van der Waals surface area (Å²) in [6, 6.07) is 9.05. The highest BCUT2D eigenvalue weighted by Crippen LogP contribution is 2.34. The first-order valence-corrected chi connectivity index (χ1v) is 11.7. The van der Waals surface area contributed by atoms with Gasteiger partial charge in [-0.3, -0.25) is 4.40 Å². The van der Waals surface area contributed by atoms with Gasteiger partial charge in [0.2, 0.25) is 5.95 Å². The number of aromatic nitrogens is 4. The minimum absolute atomic E-state index is 0.214. The average molecular weight is 454 g/mol. The summed E-state index contributed by atoms with van der Waals surface area (Å²) in [5.41, 5.74) is 3.32. The van der Waals surface area contributed by atoms with Crippen LogP contribution in [0.2, 0.25) is 0 Å². The van der Waals surface area contributed by atoms with Crippen LogP contribution < -0.4 is 5.32 Å². The monoisotopic (exact) mass is 453 g/mol. The van der Waals surface area contributed by atoms with Gasteiger partial charge in [0.25, 0.3) is 0 Å². The predicted octanol–water partition coefficient (Wildman–Crippen LogP) is 3.84. The number of benzene rings is 1. The Morgan fingerprint density at radius 3 is 3.00 bits per heavy atom. The largest absolute Gasteiger partial charge is 0.508 e. The molecular weight excluding hydrogens is 430 g/mol. The third-order valence-corrected chi connectivity index (χ3v) is 6.87. The van der Waals surface area contributed by atoms with Crippen molar-refractivity contribution in [3.63, 3.8) is 0 Å². The smallest absolute Gasteiger partial charge is 0.223 e. The predicted molar refractivity (Wildman–Crippen MR) is 126 cm³/mol. The van der Waals surface area contributed by atoms with Gasteiger partial charge in [0.15, 0.2) is 4.96 Å². The number of nitrogens with zero attached hydrogens (tertiary/aromatic N) is 6. The van der Waals surface area contributed by atoms with Crippen LogP contribution in [-0.2, 0) is 0 Å². The lowest BCUT2D eigenvalue weighted by Crippen LogP contribution is -2.34. The van der Waals surface area contributed by atoms with Gasteiger partial charge in [-0.1, -0.05) is 12.1 Å². The molecule has 2 N–H and O–H groups in total. The number of imidazole rings is 1. The van der Waals surface area contributed by atoms with E-state index in [0.717, 1.165) is 53.8 Å². The maximum absolute atomic E-state index is 9.95. The molecule has 0 bridgehead atoms. The standard InChI is InChI=1S/C21H23N7OS2/c1-26-9-3-10-27(31-26)11-8-23-20-22-7-6-17(24-20)19-18(15-4-2-5-16(29)14-15)25-21-28(19)12-13-30-21/h2,4-7,12-14,29H,3,8-11H2,1H3,(H,22,23,24). The van der Waals surface area contributed by atoms with Crippen molar-refractivity contribution in [3.05, 3.63) is 48.1 Å². The van der Waals surface area contributed by atoms with Crippen LogP contribution in [0.5, 0.6) is 5.75 Å². The second-order valence-corrected chi connectivity index (χ2v) is 9.50. The zero-order valence-electron chi connectivity index (χ0n) is 17.1. The Balaban J connectivity index is 1.40. The molecule has 0 unspecified atom stereocenters. The van der Waals surface area contributed by atoms with Gasteiger partial charge in [-0.15, -0.1) is 11.3 Å². The Morgan fingerprint density at radius 1 is 1.19 bits per heavy atom. The van der Waals surface area contributed by atoms with Crippen LogP contribution in [0.1, 0.15) is 6.42 Å². The van der Waals surface area contributed by atoms with E-state index in [4.69, 9.17) is 9.97 Å². The summed E-state index contributed by atoms with van der Waals surface area (Å²) in [6.07, 6.45) is 4.95. The van der Waals surface area contributed by atoms with Gasteiger partial charge in [-0.05, 0) is 31.7 Å². The Morgan fingerprint density at radius 2 is 2.13 bits per heavy atom. The Hall–Kier alpha value is -2.66. The minimum atomic E-state index is 0.214. The molecule has 1 aliphatic heterocycles. The van der Waals surface area contributed by atoms with E-state index in [1.54, 1.807) is 41.8 Å². The molecule has 31 heavy (non-hydrogen) atoms. The van der Waals surface area contributed by atoms with Crippen LogP contribution in [0, 0.1) is 0 Å². The van der Waals surface area contributed by atoms with Crippen molar-refractivity contribution in [1.82, 2.24) is 28.0 Å². The summed E-state index contributed by atoms with van der Waals surface area (Å²) >= 11 is 3.35. The van der Waals surface area contributed by atoms with Gasteiger partial charge in [-0.25, -0.2) is 23.6 Å². The van der Waals surface area contributed by atoms with Crippen LogP contribution in [-0.4, -0.2) is 66.3 Å². The van der Waals surface area contributed by atoms with Crippen LogP contribution >= 0.6 is 23.5 Å². The fourth-order valence-electron chi connectivity index (χ4n) is 3.65. The number of nitrogens with one attached hydrogen (secondary N) is 1. The van der Waals surface area contributed by atoms with Gasteiger partial charge in [0.1, 0.15) is 11.4 Å². The summed E-state index contributed by atoms with van der Waals surface area (Å²) in [7, 11) is 2.12. The topological polar surface area (TPSA) is 81.8 Å². The van der Waals surface area contributed by atoms with Gasteiger partial charge in [0.05, 0.1) is 11.4 Å². The molecule has 0 atom stereocenters. The summed E-state index contributed by atoms with van der Waals surface area (Å²) in [5, 5.41) is 15.3. The molecule has 0 amide bonds. The first-order chi connectivity index (χ1) is 15.2. The lowest BCUT2D eigenvalue weighted by Gasteiger charge is -2.31. The fraction of sp³-hybridized carbons (Fsp3) is 0.286. The molecule has 8 nitrogen and oxygen atoms in total. The minimum Gasteiger partial charge on any atom is -0.508 e. The van der Waals surface area contributed by atoms with E-state index in [1.165, 1.54) is 6.42 Å². The number of hydrogen-bond acceptors (Lipinski definition) is 9. The van der Waals surface area contributed by atoms with Crippen LogP contribution in [0.15, 0.2) is 48.1 Å². The first kappa shape index (κ1) is 20.3. The van der Waals surface area contributed by atoms with Crippen LogP contribution in [0.3, 0.4) is 0 Å². The Kier molecular flexibility index (Phi) is 5.77. The van der Waals surface area contributed by atoms with Crippen molar-refractivity contribution in [2.45, 2.75) is 6.42 Å². The zero-order chi connectivity index (χ0) is 21.2. The number of anilines is 1. The molecule has 4 heterocycles. The van der Waals surface area contributed by atoms with E-state index in [9.17, 15) is 5.11 Å². The average Bonchev–Trinajstić information content (AvgIpc) is 3.35. The van der Waals surface area contributed by atoms with Crippen molar-refractivity contribution in [2.75, 3.05) is 38.5 Å². The number of rotatable bonds is 6. The fourth-order valence-corrected chi connectivity index (χ4v) is 5.36. The van der Waals surface area contributed by atoms with E-state index < -0.39 is 0 Å². The Bertz CT molecular complexity index is 1190. The molecule has 0 aliphatic carbocycles. The van der Waals surface area contributed by atoms with Gasteiger partial charge >= 0.3 is 0 Å². The molecule has 3 aromatic heterocycles. The summed E-state index contributed by atoms with van der Waals surface area (Å²) in [5.74, 6) is 0.811. The quantitative estimate of drug-likeness (QED) is 0.426. The molecule has 0 saturated carbocycles. The molecule has 0 spiro atoms. The van der Waals surface area contributed by atoms with Gasteiger partial charge < -0.3 is 10.4 Å². The molecule has 5 rings (SSSR count). The normalized spacial score (nSPS) is 15.5. The van der Waals surface area contributed by atoms with Gasteiger partial charge in [0, 0.05) is 61.7 Å². The van der Waals surface area contributed by atoms with Crippen molar-refractivity contribution in [2.24, 2.45) is 0 Å². The van der Waals surface area contributed by atoms with E-state index in [-0.39, 0.29) is 5.75 Å². The van der Waals surface area contributed by atoms with Crippen molar-refractivity contribution in [3.8, 4) is 28.4 Å². The zero-order valence-corrected chi connectivity index (χ0v) is 18.7. The summed E-state index contributed by atoms with van der Waals surface area (Å²) in [4.78, 5) is 14.9. The molecule has 10 heteroatoms. The lowest BCUT2D eigenvalue weighted by molar-refractivity contribution is 0.379. The highest BCUT2D eigenvalue weighted by Gasteiger charge is 2.19. The third-order valence-electron chi connectivity index (χ3n) is 5.06. The molecule has 1 aromatic carbocycles. The number of fused-ring (bicyclic) bond motifs is 1. The maximum Gasteiger partial charge on any atom is 0.223 e. The molecule has 1 saturated heterocycles. The number of aromatic hydroxyl groups is 1. The number of phenols is 1. The van der Waals surface area contributed by atoms with E-state index in [1.807, 2.05) is 34.2 Å². The molecule has 0 radical (unpaired) electrons.